The molecule has 2 unspecified atom stereocenters. The van der Waals surface area contributed by atoms with Crippen molar-refractivity contribution in [2.75, 3.05) is 39.3 Å². The number of carbonyl (C=O) groups excluding carboxylic acids is 1. The molecule has 1 amide bonds. The molecule has 0 aromatic rings. The number of amides is 1. The molecule has 2 aliphatic heterocycles. The van der Waals surface area contributed by atoms with Crippen molar-refractivity contribution in [2.24, 2.45) is 5.73 Å². The van der Waals surface area contributed by atoms with Gasteiger partial charge in [-0.15, -0.1) is 0 Å². The molecular weight excluding hydrogens is 228 g/mol. The Bertz CT molecular complexity index is 278. The summed E-state index contributed by atoms with van der Waals surface area (Å²) in [6, 6.07) is 0.265. The van der Waals surface area contributed by atoms with Crippen LogP contribution in [0.4, 0.5) is 0 Å². The van der Waals surface area contributed by atoms with Crippen molar-refractivity contribution in [3.63, 3.8) is 0 Å². The van der Waals surface area contributed by atoms with Gasteiger partial charge in [0.2, 0.25) is 5.91 Å². The molecule has 0 aliphatic carbocycles. The first-order chi connectivity index (χ1) is 8.74. The molecule has 2 saturated heterocycles. The van der Waals surface area contributed by atoms with E-state index >= 15 is 0 Å². The first-order valence-electron chi connectivity index (χ1n) is 7.19. The number of hydrogen-bond acceptors (Lipinski definition) is 4. The summed E-state index contributed by atoms with van der Waals surface area (Å²) in [4.78, 5) is 16.8. The van der Waals surface area contributed by atoms with Crippen molar-refractivity contribution in [2.45, 2.75) is 38.3 Å². The fourth-order valence-electron chi connectivity index (χ4n) is 3.03. The van der Waals surface area contributed by atoms with Crippen molar-refractivity contribution in [1.82, 2.24) is 15.1 Å². The van der Waals surface area contributed by atoms with E-state index in [0.717, 1.165) is 45.6 Å². The van der Waals surface area contributed by atoms with Crippen molar-refractivity contribution in [3.05, 3.63) is 0 Å². The van der Waals surface area contributed by atoms with Gasteiger partial charge in [0, 0.05) is 45.3 Å². The maximum Gasteiger partial charge on any atom is 0.239 e. The molecule has 2 atom stereocenters. The van der Waals surface area contributed by atoms with Crippen LogP contribution in [0.15, 0.2) is 0 Å². The Balaban J connectivity index is 1.95. The Labute approximate surface area is 110 Å². The van der Waals surface area contributed by atoms with Crippen molar-refractivity contribution < 1.29 is 4.79 Å². The minimum absolute atomic E-state index is 0.0289. The highest BCUT2D eigenvalue weighted by Gasteiger charge is 2.32. The smallest absolute Gasteiger partial charge is 0.239 e. The van der Waals surface area contributed by atoms with E-state index < -0.39 is 0 Å². The third-order valence-electron chi connectivity index (χ3n) is 4.19. The van der Waals surface area contributed by atoms with Crippen molar-refractivity contribution in [3.8, 4) is 0 Å². The predicted molar refractivity (Wildman–Crippen MR) is 72.3 cm³/mol. The second-order valence-corrected chi connectivity index (χ2v) is 5.39. The number of carbonyl (C=O) groups is 1. The monoisotopic (exact) mass is 254 g/mol. The van der Waals surface area contributed by atoms with Gasteiger partial charge in [0.1, 0.15) is 0 Å². The molecule has 0 saturated carbocycles. The van der Waals surface area contributed by atoms with Gasteiger partial charge >= 0.3 is 0 Å². The van der Waals surface area contributed by atoms with E-state index in [1.165, 1.54) is 6.42 Å². The molecule has 104 valence electrons. The number of piperazine rings is 1. The highest BCUT2D eigenvalue weighted by Crippen LogP contribution is 2.14. The zero-order valence-corrected chi connectivity index (χ0v) is 11.4. The molecule has 0 spiro atoms. The third kappa shape index (κ3) is 3.02. The van der Waals surface area contributed by atoms with Crippen LogP contribution in [0.1, 0.15) is 26.2 Å². The Morgan fingerprint density at radius 3 is 2.72 bits per heavy atom. The lowest BCUT2D eigenvalue weighted by atomic mass is 10.1. The number of hydrogen-bond donors (Lipinski definition) is 2. The molecule has 0 aromatic carbocycles. The second kappa shape index (κ2) is 6.50. The SMILES string of the molecule is CC(C(=O)N1CCCCC1)N1CCNCC1CN. The molecule has 0 bridgehead atoms. The van der Waals surface area contributed by atoms with Crippen LogP contribution in [0.2, 0.25) is 0 Å². The Morgan fingerprint density at radius 1 is 1.33 bits per heavy atom. The van der Waals surface area contributed by atoms with Gasteiger partial charge in [0.15, 0.2) is 0 Å². The van der Waals surface area contributed by atoms with Crippen LogP contribution in [0.5, 0.6) is 0 Å². The van der Waals surface area contributed by atoms with Gasteiger partial charge in [-0.2, -0.15) is 0 Å². The Morgan fingerprint density at radius 2 is 2.06 bits per heavy atom. The van der Waals surface area contributed by atoms with Crippen LogP contribution >= 0.6 is 0 Å². The number of nitrogens with two attached hydrogens (primary N) is 1. The molecule has 3 N–H and O–H groups in total. The van der Waals surface area contributed by atoms with E-state index in [1.54, 1.807) is 0 Å². The van der Waals surface area contributed by atoms with Crippen LogP contribution < -0.4 is 11.1 Å². The average Bonchev–Trinajstić information content (AvgIpc) is 2.46. The van der Waals surface area contributed by atoms with Gasteiger partial charge < -0.3 is 16.0 Å². The van der Waals surface area contributed by atoms with Crippen molar-refractivity contribution >= 4 is 5.91 Å². The molecule has 18 heavy (non-hydrogen) atoms. The fraction of sp³-hybridized carbons (Fsp3) is 0.923. The zero-order chi connectivity index (χ0) is 13.0. The van der Waals surface area contributed by atoms with Crippen LogP contribution in [-0.4, -0.2) is 67.1 Å². The molecular formula is C13H26N4O. The highest BCUT2D eigenvalue weighted by atomic mass is 16.2. The fourth-order valence-corrected chi connectivity index (χ4v) is 3.03. The average molecular weight is 254 g/mol. The van der Waals surface area contributed by atoms with Crippen LogP contribution in [0.3, 0.4) is 0 Å². The molecule has 5 nitrogen and oxygen atoms in total. The number of rotatable bonds is 3. The summed E-state index contributed by atoms with van der Waals surface area (Å²) in [5.74, 6) is 0.287. The first kappa shape index (κ1) is 13.8. The number of likely N-dealkylation sites (tertiary alicyclic amines) is 1. The predicted octanol–water partition coefficient (Wildman–Crippen LogP) is -0.380. The normalized spacial score (nSPS) is 28.1. The van der Waals surface area contributed by atoms with E-state index in [0.29, 0.717) is 12.6 Å². The van der Waals surface area contributed by atoms with Gasteiger partial charge in [-0.25, -0.2) is 0 Å². The number of nitrogens with one attached hydrogen (secondary N) is 1. The molecule has 5 heteroatoms. The third-order valence-corrected chi connectivity index (χ3v) is 4.19. The van der Waals surface area contributed by atoms with Crippen LogP contribution in [-0.2, 0) is 4.79 Å². The van der Waals surface area contributed by atoms with Gasteiger partial charge in [0.05, 0.1) is 6.04 Å². The summed E-state index contributed by atoms with van der Waals surface area (Å²) in [5, 5.41) is 3.34. The maximum absolute atomic E-state index is 12.5. The lowest BCUT2D eigenvalue weighted by Gasteiger charge is -2.41. The van der Waals surface area contributed by atoms with E-state index in [4.69, 9.17) is 5.73 Å². The summed E-state index contributed by atoms with van der Waals surface area (Å²) >= 11 is 0. The molecule has 0 aromatic heterocycles. The van der Waals surface area contributed by atoms with Crippen molar-refractivity contribution in [1.29, 1.82) is 0 Å². The minimum atomic E-state index is -0.0289. The second-order valence-electron chi connectivity index (χ2n) is 5.39. The summed E-state index contributed by atoms with van der Waals surface area (Å²) < 4.78 is 0. The molecule has 0 radical (unpaired) electrons. The number of nitrogens with zero attached hydrogens (tertiary/aromatic N) is 2. The summed E-state index contributed by atoms with van der Waals surface area (Å²) in [6.45, 7) is 7.28. The van der Waals surface area contributed by atoms with E-state index in [9.17, 15) is 4.79 Å². The van der Waals surface area contributed by atoms with Gasteiger partial charge in [-0.1, -0.05) is 0 Å². The van der Waals surface area contributed by atoms with E-state index in [2.05, 4.69) is 10.2 Å². The molecule has 2 heterocycles. The Hall–Kier alpha value is -0.650. The zero-order valence-electron chi connectivity index (χ0n) is 11.4. The molecule has 2 aliphatic rings. The number of piperidine rings is 1. The van der Waals surface area contributed by atoms with Crippen LogP contribution in [0.25, 0.3) is 0 Å². The lowest BCUT2D eigenvalue weighted by Crippen LogP contribution is -2.60. The van der Waals surface area contributed by atoms with Gasteiger partial charge in [0.25, 0.3) is 0 Å². The lowest BCUT2D eigenvalue weighted by molar-refractivity contribution is -0.138. The summed E-state index contributed by atoms with van der Waals surface area (Å²) in [6.07, 6.45) is 3.57. The Kier molecular flexibility index (Phi) is 4.97. The molecule has 2 rings (SSSR count). The van der Waals surface area contributed by atoms with E-state index in [-0.39, 0.29) is 11.9 Å². The standard InChI is InChI=1S/C13H26N4O/c1-11(13(18)16-6-3-2-4-7-16)17-8-5-15-10-12(17)9-14/h11-12,15H,2-10,14H2,1H3. The topological polar surface area (TPSA) is 61.6 Å². The van der Waals surface area contributed by atoms with E-state index in [1.807, 2.05) is 11.8 Å². The van der Waals surface area contributed by atoms with Gasteiger partial charge in [-0.3, -0.25) is 9.69 Å². The molecule has 2 fully saturated rings. The summed E-state index contributed by atoms with van der Waals surface area (Å²) in [7, 11) is 0. The van der Waals surface area contributed by atoms with Crippen LogP contribution in [0, 0.1) is 0 Å². The van der Waals surface area contributed by atoms with Gasteiger partial charge in [-0.05, 0) is 26.2 Å². The first-order valence-corrected chi connectivity index (χ1v) is 7.19. The maximum atomic E-state index is 12.5. The quantitative estimate of drug-likeness (QED) is 0.721. The largest absolute Gasteiger partial charge is 0.341 e. The summed E-state index contributed by atoms with van der Waals surface area (Å²) in [5.41, 5.74) is 5.80. The minimum Gasteiger partial charge on any atom is -0.341 e. The highest BCUT2D eigenvalue weighted by molar-refractivity contribution is 5.81.